The Kier molecular flexibility index (Phi) is 2.13. The van der Waals surface area contributed by atoms with Crippen LogP contribution >= 0.6 is 0 Å². The number of nitrogens with zero attached hydrogens (tertiary/aromatic N) is 1. The predicted molar refractivity (Wildman–Crippen MR) is 63.7 cm³/mol. The number of benzene rings is 1. The van der Waals surface area contributed by atoms with Crippen molar-refractivity contribution in [3.63, 3.8) is 0 Å². The molecular weight excluding hydrogens is 200 g/mol. The van der Waals surface area contributed by atoms with Gasteiger partial charge in [-0.15, -0.1) is 0 Å². The van der Waals surface area contributed by atoms with Crippen LogP contribution < -0.4 is 10.2 Å². The number of nitrogens with one attached hydrogen (secondary N) is 1. The Labute approximate surface area is 95.4 Å². The van der Waals surface area contributed by atoms with E-state index in [2.05, 4.69) is 23.2 Å². The third-order valence-electron chi connectivity index (χ3n) is 3.56. The maximum Gasteiger partial charge on any atom is 0.254 e. The van der Waals surface area contributed by atoms with Crippen molar-refractivity contribution in [3.05, 3.63) is 29.3 Å². The molecule has 1 atom stereocenters. The van der Waals surface area contributed by atoms with Crippen LogP contribution in [0.2, 0.25) is 0 Å². The average Bonchev–Trinajstić information content (AvgIpc) is 2.33. The van der Waals surface area contributed by atoms with Gasteiger partial charge in [0, 0.05) is 6.54 Å². The molecule has 0 aliphatic carbocycles. The minimum absolute atomic E-state index is 0.0850. The maximum atomic E-state index is 12.0. The molecule has 1 amide bonds. The van der Waals surface area contributed by atoms with Gasteiger partial charge in [0.15, 0.2) is 0 Å². The molecule has 0 fully saturated rings. The largest absolute Gasteiger partial charge is 0.350 e. The highest BCUT2D eigenvalue weighted by atomic mass is 16.2. The molecule has 2 aliphatic heterocycles. The number of hydrogen-bond donors (Lipinski definition) is 1. The first-order valence-electron chi connectivity index (χ1n) is 6.00. The Morgan fingerprint density at radius 1 is 1.50 bits per heavy atom. The van der Waals surface area contributed by atoms with E-state index in [1.165, 1.54) is 17.7 Å². The van der Waals surface area contributed by atoms with Crippen LogP contribution in [0, 0.1) is 0 Å². The van der Waals surface area contributed by atoms with Crippen LogP contribution in [0.1, 0.15) is 35.7 Å². The Hall–Kier alpha value is -1.51. The fourth-order valence-corrected chi connectivity index (χ4v) is 2.81. The van der Waals surface area contributed by atoms with Gasteiger partial charge in [0.05, 0.1) is 11.3 Å². The van der Waals surface area contributed by atoms with Crippen LogP contribution in [-0.2, 0) is 6.42 Å². The van der Waals surface area contributed by atoms with E-state index in [4.69, 9.17) is 0 Å². The second kappa shape index (κ2) is 3.51. The number of aryl methyl sites for hydroxylation is 1. The van der Waals surface area contributed by atoms with Gasteiger partial charge in [0.2, 0.25) is 0 Å². The SMILES string of the molecule is CC[C@@H]1NC(=O)c2cccc3c2N1CCC3. The number of carbonyl (C=O) groups excluding carboxylic acids is 1. The first-order chi connectivity index (χ1) is 7.81. The van der Waals surface area contributed by atoms with Crippen molar-refractivity contribution in [3.8, 4) is 0 Å². The monoisotopic (exact) mass is 216 g/mol. The lowest BCUT2D eigenvalue weighted by atomic mass is 9.94. The van der Waals surface area contributed by atoms with E-state index in [1.54, 1.807) is 0 Å². The van der Waals surface area contributed by atoms with E-state index < -0.39 is 0 Å². The fraction of sp³-hybridized carbons (Fsp3) is 0.462. The molecule has 84 valence electrons. The molecule has 2 aliphatic rings. The summed E-state index contributed by atoms with van der Waals surface area (Å²) in [5, 5.41) is 3.07. The Morgan fingerprint density at radius 3 is 3.19 bits per heavy atom. The van der Waals surface area contributed by atoms with Crippen molar-refractivity contribution in [2.24, 2.45) is 0 Å². The van der Waals surface area contributed by atoms with Crippen molar-refractivity contribution >= 4 is 11.6 Å². The van der Waals surface area contributed by atoms with Crippen molar-refractivity contribution in [1.29, 1.82) is 0 Å². The number of hydrogen-bond acceptors (Lipinski definition) is 2. The lowest BCUT2D eigenvalue weighted by Gasteiger charge is -2.42. The number of amides is 1. The molecule has 1 aromatic carbocycles. The van der Waals surface area contributed by atoms with Crippen LogP contribution in [-0.4, -0.2) is 18.6 Å². The zero-order chi connectivity index (χ0) is 11.1. The number of carbonyl (C=O) groups is 1. The molecule has 2 heterocycles. The Bertz CT molecular complexity index is 442. The molecule has 3 heteroatoms. The van der Waals surface area contributed by atoms with Crippen molar-refractivity contribution in [2.75, 3.05) is 11.4 Å². The van der Waals surface area contributed by atoms with Crippen molar-refractivity contribution in [2.45, 2.75) is 32.4 Å². The minimum atomic E-state index is 0.0850. The topological polar surface area (TPSA) is 32.3 Å². The van der Waals surface area contributed by atoms with Gasteiger partial charge < -0.3 is 10.2 Å². The molecule has 3 rings (SSSR count). The maximum absolute atomic E-state index is 12.0. The van der Waals surface area contributed by atoms with Crippen molar-refractivity contribution < 1.29 is 4.79 Å². The Morgan fingerprint density at radius 2 is 2.38 bits per heavy atom. The average molecular weight is 216 g/mol. The highest BCUT2D eigenvalue weighted by Gasteiger charge is 2.32. The fourth-order valence-electron chi connectivity index (χ4n) is 2.81. The van der Waals surface area contributed by atoms with Crippen LogP contribution in [0.5, 0.6) is 0 Å². The van der Waals surface area contributed by atoms with Gasteiger partial charge >= 0.3 is 0 Å². The molecule has 0 bridgehead atoms. The van der Waals surface area contributed by atoms with E-state index in [-0.39, 0.29) is 12.1 Å². The summed E-state index contributed by atoms with van der Waals surface area (Å²) in [6, 6.07) is 6.07. The van der Waals surface area contributed by atoms with Gasteiger partial charge in [0.25, 0.3) is 5.91 Å². The van der Waals surface area contributed by atoms with Crippen LogP contribution in [0.3, 0.4) is 0 Å². The third-order valence-corrected chi connectivity index (χ3v) is 3.56. The number of rotatable bonds is 1. The Balaban J connectivity index is 2.17. The van der Waals surface area contributed by atoms with E-state index in [9.17, 15) is 4.79 Å². The first kappa shape index (κ1) is 9.70. The van der Waals surface area contributed by atoms with Crippen LogP contribution in [0.25, 0.3) is 0 Å². The van der Waals surface area contributed by atoms with E-state index in [1.807, 2.05) is 12.1 Å². The summed E-state index contributed by atoms with van der Waals surface area (Å²) in [4.78, 5) is 14.3. The number of anilines is 1. The highest BCUT2D eigenvalue weighted by Crippen LogP contribution is 2.34. The molecule has 0 radical (unpaired) electrons. The summed E-state index contributed by atoms with van der Waals surface area (Å²) in [5.41, 5.74) is 3.36. The summed E-state index contributed by atoms with van der Waals surface area (Å²) in [6.45, 7) is 3.18. The van der Waals surface area contributed by atoms with E-state index >= 15 is 0 Å². The molecule has 0 saturated carbocycles. The van der Waals surface area contributed by atoms with E-state index in [0.29, 0.717) is 0 Å². The molecule has 0 unspecified atom stereocenters. The molecule has 0 saturated heterocycles. The molecule has 16 heavy (non-hydrogen) atoms. The first-order valence-corrected chi connectivity index (χ1v) is 6.00. The predicted octanol–water partition coefficient (Wildman–Crippen LogP) is 1.92. The smallest absolute Gasteiger partial charge is 0.254 e. The molecule has 0 spiro atoms. The zero-order valence-corrected chi connectivity index (χ0v) is 9.49. The standard InChI is InChI=1S/C13H16N2O/c1-2-11-14-13(16)10-7-3-5-9-6-4-8-15(11)12(9)10/h3,5,7,11H,2,4,6,8H2,1H3,(H,14,16)/t11-/m1/s1. The molecule has 1 aromatic rings. The minimum Gasteiger partial charge on any atom is -0.350 e. The summed E-state index contributed by atoms with van der Waals surface area (Å²) in [6.07, 6.45) is 3.42. The summed E-state index contributed by atoms with van der Waals surface area (Å²) >= 11 is 0. The third kappa shape index (κ3) is 1.24. The summed E-state index contributed by atoms with van der Waals surface area (Å²) < 4.78 is 0. The van der Waals surface area contributed by atoms with Gasteiger partial charge in [-0.05, 0) is 30.9 Å². The molecule has 3 nitrogen and oxygen atoms in total. The zero-order valence-electron chi connectivity index (χ0n) is 9.49. The number of para-hydroxylation sites is 1. The molecule has 0 aromatic heterocycles. The normalized spacial score (nSPS) is 22.7. The lowest BCUT2D eigenvalue weighted by molar-refractivity contribution is 0.0924. The summed E-state index contributed by atoms with van der Waals surface area (Å²) in [5.74, 6) is 0.0850. The van der Waals surface area contributed by atoms with Gasteiger partial charge in [0.1, 0.15) is 6.17 Å². The summed E-state index contributed by atoms with van der Waals surface area (Å²) in [7, 11) is 0. The van der Waals surface area contributed by atoms with Crippen LogP contribution in [0.15, 0.2) is 18.2 Å². The second-order valence-corrected chi connectivity index (χ2v) is 4.51. The molecule has 1 N–H and O–H groups in total. The van der Waals surface area contributed by atoms with Gasteiger partial charge in [-0.25, -0.2) is 0 Å². The van der Waals surface area contributed by atoms with Gasteiger partial charge in [-0.1, -0.05) is 19.1 Å². The highest BCUT2D eigenvalue weighted by molar-refractivity contribution is 6.02. The van der Waals surface area contributed by atoms with Gasteiger partial charge in [-0.2, -0.15) is 0 Å². The van der Waals surface area contributed by atoms with Gasteiger partial charge in [-0.3, -0.25) is 4.79 Å². The quantitative estimate of drug-likeness (QED) is 0.777. The van der Waals surface area contributed by atoms with Crippen molar-refractivity contribution in [1.82, 2.24) is 5.32 Å². The lowest BCUT2D eigenvalue weighted by Crippen LogP contribution is -2.54. The second-order valence-electron chi connectivity index (χ2n) is 4.51. The molecular formula is C13H16N2O. The van der Waals surface area contributed by atoms with E-state index in [0.717, 1.165) is 24.9 Å². The van der Waals surface area contributed by atoms with Crippen LogP contribution in [0.4, 0.5) is 5.69 Å².